The summed E-state index contributed by atoms with van der Waals surface area (Å²) < 4.78 is 30.3. The highest BCUT2D eigenvalue weighted by Crippen LogP contribution is 2.35. The van der Waals surface area contributed by atoms with E-state index in [2.05, 4.69) is 5.32 Å². The molecule has 2 rings (SSSR count). The molecule has 1 heterocycles. The zero-order valence-corrected chi connectivity index (χ0v) is 13.2. The zero-order chi connectivity index (χ0) is 15.6. The highest BCUT2D eigenvalue weighted by Gasteiger charge is 2.25. The normalized spacial score (nSPS) is 14.6. The maximum absolute atomic E-state index is 11.8. The molecular weight excluding hydrogens is 292 g/mol. The van der Waals surface area contributed by atoms with Crippen LogP contribution in [0.25, 0.3) is 0 Å². The summed E-state index contributed by atoms with van der Waals surface area (Å²) in [5.74, 6) is 0.675. The van der Waals surface area contributed by atoms with Gasteiger partial charge >= 0.3 is 0 Å². The first kappa shape index (κ1) is 15.6. The Labute approximate surface area is 125 Å². The lowest BCUT2D eigenvalue weighted by atomic mass is 10.1. The lowest BCUT2D eigenvalue weighted by Crippen LogP contribution is -2.37. The average Bonchev–Trinajstić information content (AvgIpc) is 2.35. The molecule has 0 aliphatic carbocycles. The highest BCUT2D eigenvalue weighted by atomic mass is 32.2. The molecule has 0 unspecified atom stereocenters. The minimum Gasteiger partial charge on any atom is -0.489 e. The molecule has 0 saturated heterocycles. The first-order valence-electron chi connectivity index (χ1n) is 6.82. The van der Waals surface area contributed by atoms with Gasteiger partial charge in [0.25, 0.3) is 0 Å². The molecule has 1 aliphatic rings. The standard InChI is InChI=1S/C14H20N2O4S/c1-10(2)8-14(17)15-11-4-5-12-13(9-11)20-7-6-16(12)21(3,18)19/h4-5,9-10H,6-8H2,1-3H3,(H,15,17). The first-order chi connectivity index (χ1) is 9.77. The average molecular weight is 312 g/mol. The summed E-state index contributed by atoms with van der Waals surface area (Å²) >= 11 is 0. The third-order valence-electron chi connectivity index (χ3n) is 3.06. The van der Waals surface area contributed by atoms with Crippen molar-refractivity contribution in [2.45, 2.75) is 20.3 Å². The number of nitrogens with zero attached hydrogens (tertiary/aromatic N) is 1. The molecule has 1 aliphatic heterocycles. The van der Waals surface area contributed by atoms with Crippen LogP contribution in [0.5, 0.6) is 5.75 Å². The first-order valence-corrected chi connectivity index (χ1v) is 8.66. The van der Waals surface area contributed by atoms with E-state index in [1.165, 1.54) is 10.6 Å². The molecule has 116 valence electrons. The Morgan fingerprint density at radius 2 is 2.14 bits per heavy atom. The maximum atomic E-state index is 11.8. The van der Waals surface area contributed by atoms with E-state index in [-0.39, 0.29) is 11.8 Å². The van der Waals surface area contributed by atoms with Gasteiger partial charge in [0, 0.05) is 18.2 Å². The monoisotopic (exact) mass is 312 g/mol. The van der Waals surface area contributed by atoms with E-state index in [1.54, 1.807) is 18.2 Å². The number of hydrogen-bond acceptors (Lipinski definition) is 4. The number of hydrogen-bond donors (Lipinski definition) is 1. The Kier molecular flexibility index (Phi) is 4.41. The van der Waals surface area contributed by atoms with Crippen molar-refractivity contribution in [2.75, 3.05) is 29.0 Å². The predicted octanol–water partition coefficient (Wildman–Crippen LogP) is 1.83. The van der Waals surface area contributed by atoms with E-state index in [0.717, 1.165) is 0 Å². The largest absolute Gasteiger partial charge is 0.489 e. The van der Waals surface area contributed by atoms with Gasteiger partial charge in [-0.15, -0.1) is 0 Å². The van der Waals surface area contributed by atoms with Gasteiger partial charge < -0.3 is 10.1 Å². The van der Waals surface area contributed by atoms with Gasteiger partial charge in [0.05, 0.1) is 18.5 Å². The van der Waals surface area contributed by atoms with Crippen molar-refractivity contribution in [1.82, 2.24) is 0 Å². The number of sulfonamides is 1. The third kappa shape index (κ3) is 3.87. The van der Waals surface area contributed by atoms with Crippen molar-refractivity contribution in [3.8, 4) is 5.75 Å². The van der Waals surface area contributed by atoms with Crippen molar-refractivity contribution in [3.05, 3.63) is 18.2 Å². The van der Waals surface area contributed by atoms with E-state index in [1.807, 2.05) is 13.8 Å². The summed E-state index contributed by atoms with van der Waals surface area (Å²) in [4.78, 5) is 11.8. The molecule has 0 fully saturated rings. The number of rotatable bonds is 4. The topological polar surface area (TPSA) is 75.7 Å². The van der Waals surface area contributed by atoms with Crippen LogP contribution in [0, 0.1) is 5.92 Å². The molecule has 0 saturated carbocycles. The van der Waals surface area contributed by atoms with Crippen molar-refractivity contribution < 1.29 is 17.9 Å². The molecule has 0 bridgehead atoms. The second kappa shape index (κ2) is 5.93. The van der Waals surface area contributed by atoms with Crippen molar-refractivity contribution >= 4 is 27.3 Å². The van der Waals surface area contributed by atoms with Gasteiger partial charge in [-0.3, -0.25) is 9.10 Å². The molecule has 1 amide bonds. The number of benzene rings is 1. The molecule has 0 radical (unpaired) electrons. The van der Waals surface area contributed by atoms with Gasteiger partial charge in [-0.25, -0.2) is 8.42 Å². The molecule has 1 N–H and O–H groups in total. The van der Waals surface area contributed by atoms with Crippen LogP contribution in [0.1, 0.15) is 20.3 Å². The summed E-state index contributed by atoms with van der Waals surface area (Å²) in [5.41, 5.74) is 1.11. The van der Waals surface area contributed by atoms with Gasteiger partial charge in [-0.2, -0.15) is 0 Å². The van der Waals surface area contributed by atoms with E-state index in [0.29, 0.717) is 36.7 Å². The Balaban J connectivity index is 2.22. The minimum absolute atomic E-state index is 0.0688. The minimum atomic E-state index is -3.33. The molecule has 7 heteroatoms. The van der Waals surface area contributed by atoms with Crippen molar-refractivity contribution in [3.63, 3.8) is 0 Å². The number of fused-ring (bicyclic) bond motifs is 1. The fraction of sp³-hybridized carbons (Fsp3) is 0.500. The van der Waals surface area contributed by atoms with Crippen LogP contribution in [0.3, 0.4) is 0 Å². The molecule has 6 nitrogen and oxygen atoms in total. The van der Waals surface area contributed by atoms with Gasteiger partial charge in [0.15, 0.2) is 0 Å². The molecule has 0 spiro atoms. The van der Waals surface area contributed by atoms with Crippen LogP contribution in [0.4, 0.5) is 11.4 Å². The third-order valence-corrected chi connectivity index (χ3v) is 4.24. The number of anilines is 2. The summed E-state index contributed by atoms with van der Waals surface area (Å²) in [6.45, 7) is 4.54. The maximum Gasteiger partial charge on any atom is 0.232 e. The smallest absolute Gasteiger partial charge is 0.232 e. The second-order valence-corrected chi connectivity index (χ2v) is 7.42. The summed E-state index contributed by atoms with van der Waals surface area (Å²) in [6, 6.07) is 5.00. The molecule has 1 aromatic rings. The summed E-state index contributed by atoms with van der Waals surface area (Å²) in [6.07, 6.45) is 1.60. The van der Waals surface area contributed by atoms with Crippen LogP contribution in [-0.4, -0.2) is 33.7 Å². The highest BCUT2D eigenvalue weighted by molar-refractivity contribution is 7.92. The Morgan fingerprint density at radius 3 is 2.76 bits per heavy atom. The SMILES string of the molecule is CC(C)CC(=O)Nc1ccc2c(c1)OCCN2S(C)(=O)=O. The quantitative estimate of drug-likeness (QED) is 0.920. The summed E-state index contributed by atoms with van der Waals surface area (Å²) in [5, 5.41) is 2.79. The predicted molar refractivity (Wildman–Crippen MR) is 82.2 cm³/mol. The van der Waals surface area contributed by atoms with Gasteiger partial charge in [0.2, 0.25) is 15.9 Å². The lowest BCUT2D eigenvalue weighted by molar-refractivity contribution is -0.116. The molecule has 0 aromatic heterocycles. The Morgan fingerprint density at radius 1 is 1.43 bits per heavy atom. The zero-order valence-electron chi connectivity index (χ0n) is 12.4. The Bertz CT molecular complexity index is 640. The van der Waals surface area contributed by atoms with Crippen LogP contribution >= 0.6 is 0 Å². The fourth-order valence-corrected chi connectivity index (χ4v) is 3.11. The van der Waals surface area contributed by atoms with Crippen LogP contribution in [-0.2, 0) is 14.8 Å². The number of amides is 1. The van der Waals surface area contributed by atoms with Crippen LogP contribution in [0.15, 0.2) is 18.2 Å². The molecule has 1 aromatic carbocycles. The van der Waals surface area contributed by atoms with E-state index >= 15 is 0 Å². The van der Waals surface area contributed by atoms with Crippen LogP contribution in [0.2, 0.25) is 0 Å². The number of carbonyl (C=O) groups excluding carboxylic acids is 1. The van der Waals surface area contributed by atoms with Crippen molar-refractivity contribution in [2.24, 2.45) is 5.92 Å². The molecule has 21 heavy (non-hydrogen) atoms. The van der Waals surface area contributed by atoms with E-state index in [9.17, 15) is 13.2 Å². The van der Waals surface area contributed by atoms with E-state index < -0.39 is 10.0 Å². The van der Waals surface area contributed by atoms with E-state index in [4.69, 9.17) is 4.74 Å². The number of nitrogens with one attached hydrogen (secondary N) is 1. The Hall–Kier alpha value is -1.76. The van der Waals surface area contributed by atoms with Crippen LogP contribution < -0.4 is 14.4 Å². The van der Waals surface area contributed by atoms with Gasteiger partial charge in [-0.1, -0.05) is 13.8 Å². The molecule has 0 atom stereocenters. The van der Waals surface area contributed by atoms with Gasteiger partial charge in [-0.05, 0) is 18.1 Å². The fourth-order valence-electron chi connectivity index (χ4n) is 2.20. The van der Waals surface area contributed by atoms with Gasteiger partial charge in [0.1, 0.15) is 12.4 Å². The summed E-state index contributed by atoms with van der Waals surface area (Å²) in [7, 11) is -3.33. The number of ether oxygens (including phenoxy) is 1. The number of carbonyl (C=O) groups is 1. The second-order valence-electron chi connectivity index (χ2n) is 5.51. The van der Waals surface area contributed by atoms with Crippen molar-refractivity contribution in [1.29, 1.82) is 0 Å². The molecular formula is C14H20N2O4S. The lowest BCUT2D eigenvalue weighted by Gasteiger charge is -2.29.